The number of nitrogens with two attached hydrogens (primary N) is 1. The summed E-state index contributed by atoms with van der Waals surface area (Å²) in [6.07, 6.45) is 2.51. The average molecular weight is 267 g/mol. The van der Waals surface area contributed by atoms with Gasteiger partial charge in [-0.05, 0) is 37.3 Å². The molecule has 2 rings (SSSR count). The van der Waals surface area contributed by atoms with Crippen molar-refractivity contribution < 1.29 is 4.79 Å². The number of amides is 1. The second-order valence-electron chi connectivity index (χ2n) is 4.91. The van der Waals surface area contributed by atoms with Crippen LogP contribution in [0.1, 0.15) is 17.7 Å². The van der Waals surface area contributed by atoms with Gasteiger partial charge in [-0.15, -0.1) is 11.3 Å². The second kappa shape index (κ2) is 6.31. The molecule has 1 heterocycles. The molecule has 1 saturated carbocycles. The standard InChI is InChI=1S/C13H21N3OS/c1-16(12(7-14)10-4-5-10)9-13(17)15-8-11-3-2-6-18-11/h2-3,6,10,12H,4-5,7-9,14H2,1H3,(H,15,17). The van der Waals surface area contributed by atoms with Crippen molar-refractivity contribution in [3.05, 3.63) is 22.4 Å². The topological polar surface area (TPSA) is 58.4 Å². The summed E-state index contributed by atoms with van der Waals surface area (Å²) in [5.41, 5.74) is 5.77. The van der Waals surface area contributed by atoms with Crippen molar-refractivity contribution in [2.75, 3.05) is 20.1 Å². The maximum absolute atomic E-state index is 11.8. The molecule has 0 aromatic carbocycles. The van der Waals surface area contributed by atoms with E-state index in [1.165, 1.54) is 17.7 Å². The summed E-state index contributed by atoms with van der Waals surface area (Å²) >= 11 is 1.66. The van der Waals surface area contributed by atoms with Gasteiger partial charge >= 0.3 is 0 Å². The second-order valence-corrected chi connectivity index (χ2v) is 5.94. The number of nitrogens with one attached hydrogen (secondary N) is 1. The van der Waals surface area contributed by atoms with Crippen LogP contribution in [0.2, 0.25) is 0 Å². The molecule has 0 radical (unpaired) electrons. The fraction of sp³-hybridized carbons (Fsp3) is 0.615. The van der Waals surface area contributed by atoms with E-state index in [1.54, 1.807) is 11.3 Å². The highest BCUT2D eigenvalue weighted by molar-refractivity contribution is 7.09. The molecule has 1 amide bonds. The Labute approximate surface area is 112 Å². The molecular formula is C13H21N3OS. The molecule has 0 aliphatic heterocycles. The molecule has 4 nitrogen and oxygen atoms in total. The summed E-state index contributed by atoms with van der Waals surface area (Å²) < 4.78 is 0. The third kappa shape index (κ3) is 3.80. The van der Waals surface area contributed by atoms with Crippen molar-refractivity contribution in [3.8, 4) is 0 Å². The number of thiophene rings is 1. The molecule has 1 fully saturated rings. The maximum atomic E-state index is 11.8. The van der Waals surface area contributed by atoms with E-state index in [1.807, 2.05) is 24.6 Å². The lowest BCUT2D eigenvalue weighted by molar-refractivity contribution is -0.122. The van der Waals surface area contributed by atoms with Crippen molar-refractivity contribution in [1.29, 1.82) is 0 Å². The summed E-state index contributed by atoms with van der Waals surface area (Å²) in [6.45, 7) is 1.70. The normalized spacial score (nSPS) is 16.8. The summed E-state index contributed by atoms with van der Waals surface area (Å²) in [6, 6.07) is 4.38. The number of hydrogen-bond acceptors (Lipinski definition) is 4. The van der Waals surface area contributed by atoms with Gasteiger partial charge in [-0.25, -0.2) is 0 Å². The van der Waals surface area contributed by atoms with Crippen molar-refractivity contribution in [2.24, 2.45) is 11.7 Å². The quantitative estimate of drug-likeness (QED) is 0.776. The molecule has 0 bridgehead atoms. The number of carbonyl (C=O) groups excluding carboxylic acids is 1. The van der Waals surface area contributed by atoms with Crippen LogP contribution >= 0.6 is 11.3 Å². The molecule has 1 aliphatic rings. The predicted molar refractivity (Wildman–Crippen MR) is 74.4 cm³/mol. The van der Waals surface area contributed by atoms with Gasteiger partial charge in [-0.1, -0.05) is 6.07 Å². The van der Waals surface area contributed by atoms with Gasteiger partial charge < -0.3 is 11.1 Å². The lowest BCUT2D eigenvalue weighted by Crippen LogP contribution is -2.44. The minimum absolute atomic E-state index is 0.0741. The van der Waals surface area contributed by atoms with Crippen LogP contribution in [-0.2, 0) is 11.3 Å². The van der Waals surface area contributed by atoms with Crippen LogP contribution in [0.4, 0.5) is 0 Å². The third-order valence-electron chi connectivity index (χ3n) is 3.41. The fourth-order valence-corrected chi connectivity index (χ4v) is 2.86. The zero-order valence-corrected chi connectivity index (χ0v) is 11.6. The van der Waals surface area contributed by atoms with Gasteiger partial charge in [-0.3, -0.25) is 9.69 Å². The molecule has 18 heavy (non-hydrogen) atoms. The Morgan fingerprint density at radius 3 is 3.00 bits per heavy atom. The van der Waals surface area contributed by atoms with Gasteiger partial charge in [0.05, 0.1) is 13.1 Å². The SMILES string of the molecule is CN(CC(=O)NCc1cccs1)C(CN)C1CC1. The summed E-state index contributed by atoms with van der Waals surface area (Å²) in [5.74, 6) is 0.773. The van der Waals surface area contributed by atoms with Gasteiger partial charge in [0.2, 0.25) is 5.91 Å². The van der Waals surface area contributed by atoms with E-state index in [4.69, 9.17) is 5.73 Å². The molecule has 0 spiro atoms. The Morgan fingerprint density at radius 1 is 1.67 bits per heavy atom. The lowest BCUT2D eigenvalue weighted by Gasteiger charge is -2.26. The van der Waals surface area contributed by atoms with E-state index in [0.717, 1.165) is 0 Å². The van der Waals surface area contributed by atoms with Gasteiger partial charge in [-0.2, -0.15) is 0 Å². The van der Waals surface area contributed by atoms with Crippen molar-refractivity contribution in [1.82, 2.24) is 10.2 Å². The van der Waals surface area contributed by atoms with Crippen LogP contribution < -0.4 is 11.1 Å². The van der Waals surface area contributed by atoms with Crippen LogP contribution in [0.5, 0.6) is 0 Å². The molecule has 1 unspecified atom stereocenters. The maximum Gasteiger partial charge on any atom is 0.234 e. The lowest BCUT2D eigenvalue weighted by atomic mass is 10.1. The largest absolute Gasteiger partial charge is 0.350 e. The number of hydrogen-bond donors (Lipinski definition) is 2. The van der Waals surface area contributed by atoms with Crippen LogP contribution in [-0.4, -0.2) is 37.0 Å². The Hall–Kier alpha value is -0.910. The first kappa shape index (κ1) is 13.5. The van der Waals surface area contributed by atoms with Gasteiger partial charge in [0.25, 0.3) is 0 Å². The van der Waals surface area contributed by atoms with Gasteiger partial charge in [0, 0.05) is 17.5 Å². The van der Waals surface area contributed by atoms with E-state index in [0.29, 0.717) is 31.6 Å². The van der Waals surface area contributed by atoms with Crippen LogP contribution in [0.25, 0.3) is 0 Å². The molecule has 1 atom stereocenters. The van der Waals surface area contributed by atoms with E-state index < -0.39 is 0 Å². The summed E-state index contributed by atoms with van der Waals surface area (Å²) in [7, 11) is 1.99. The predicted octanol–water partition coefficient (Wildman–Crippen LogP) is 1.03. The van der Waals surface area contributed by atoms with Crippen molar-refractivity contribution >= 4 is 17.2 Å². The highest BCUT2D eigenvalue weighted by Gasteiger charge is 2.33. The van der Waals surface area contributed by atoms with E-state index in [2.05, 4.69) is 10.2 Å². The highest BCUT2D eigenvalue weighted by Crippen LogP contribution is 2.34. The molecule has 100 valence electrons. The first-order chi connectivity index (χ1) is 8.70. The average Bonchev–Trinajstić information content (AvgIpc) is 3.03. The molecule has 3 N–H and O–H groups in total. The zero-order valence-electron chi connectivity index (χ0n) is 10.8. The molecule has 1 aromatic rings. The van der Waals surface area contributed by atoms with E-state index in [-0.39, 0.29) is 5.91 Å². The van der Waals surface area contributed by atoms with Crippen LogP contribution in [0.3, 0.4) is 0 Å². The van der Waals surface area contributed by atoms with E-state index >= 15 is 0 Å². The summed E-state index contributed by atoms with van der Waals surface area (Å²) in [4.78, 5) is 15.1. The fourth-order valence-electron chi connectivity index (χ4n) is 2.21. The first-order valence-electron chi connectivity index (χ1n) is 6.40. The minimum Gasteiger partial charge on any atom is -0.350 e. The minimum atomic E-state index is 0.0741. The number of nitrogens with zero attached hydrogens (tertiary/aromatic N) is 1. The Kier molecular flexibility index (Phi) is 4.74. The van der Waals surface area contributed by atoms with Crippen LogP contribution in [0.15, 0.2) is 17.5 Å². The first-order valence-corrected chi connectivity index (χ1v) is 7.28. The number of carbonyl (C=O) groups is 1. The summed E-state index contributed by atoms with van der Waals surface area (Å²) in [5, 5.41) is 4.96. The Morgan fingerprint density at radius 2 is 2.44 bits per heavy atom. The smallest absolute Gasteiger partial charge is 0.234 e. The molecule has 1 aromatic heterocycles. The van der Waals surface area contributed by atoms with Crippen molar-refractivity contribution in [3.63, 3.8) is 0 Å². The third-order valence-corrected chi connectivity index (χ3v) is 4.28. The number of likely N-dealkylation sites (N-methyl/N-ethyl adjacent to an activating group) is 1. The monoisotopic (exact) mass is 267 g/mol. The van der Waals surface area contributed by atoms with Gasteiger partial charge in [0.15, 0.2) is 0 Å². The Bertz CT molecular complexity index is 376. The molecule has 5 heteroatoms. The molecular weight excluding hydrogens is 246 g/mol. The zero-order chi connectivity index (χ0) is 13.0. The molecule has 1 aliphatic carbocycles. The van der Waals surface area contributed by atoms with Crippen LogP contribution in [0, 0.1) is 5.92 Å². The highest BCUT2D eigenvalue weighted by atomic mass is 32.1. The van der Waals surface area contributed by atoms with E-state index in [9.17, 15) is 4.79 Å². The van der Waals surface area contributed by atoms with Gasteiger partial charge in [0.1, 0.15) is 0 Å². The Balaban J connectivity index is 1.72. The number of rotatable bonds is 7. The van der Waals surface area contributed by atoms with Crippen molar-refractivity contribution in [2.45, 2.75) is 25.4 Å². The molecule has 0 saturated heterocycles.